The molecule has 2 heterocycles. The van der Waals surface area contributed by atoms with Gasteiger partial charge in [-0.2, -0.15) is 8.42 Å². The minimum Gasteiger partial charge on any atom is -0.370 e. The number of aryl methyl sites for hydroxylation is 1. The summed E-state index contributed by atoms with van der Waals surface area (Å²) in [6.45, 7) is 5.02. The standard InChI is InChI=1S/C15H24N2O5S/c1-4-9-21-13-6-5-8-17-14(13)16-11(2)12(15(17)18)7-10-22-23(3,19)20/h13H,4-10H2,1-3H3. The number of nitrogens with zero attached hydrogens (tertiary/aromatic N) is 2. The fourth-order valence-corrected chi connectivity index (χ4v) is 3.13. The maximum absolute atomic E-state index is 12.7. The smallest absolute Gasteiger partial charge is 0.264 e. The topological polar surface area (TPSA) is 87.5 Å². The lowest BCUT2D eigenvalue weighted by Crippen LogP contribution is -2.35. The van der Waals surface area contributed by atoms with Crippen LogP contribution in [0.15, 0.2) is 4.79 Å². The minimum absolute atomic E-state index is 0.0499. The normalized spacial score (nSPS) is 18.0. The first-order valence-electron chi connectivity index (χ1n) is 7.89. The molecule has 0 N–H and O–H groups in total. The predicted octanol–water partition coefficient (Wildman–Crippen LogP) is 1.33. The van der Waals surface area contributed by atoms with Gasteiger partial charge in [0.05, 0.1) is 12.9 Å². The first-order chi connectivity index (χ1) is 10.8. The highest BCUT2D eigenvalue weighted by atomic mass is 32.2. The van der Waals surface area contributed by atoms with Crippen LogP contribution in [-0.2, 0) is 32.0 Å². The van der Waals surface area contributed by atoms with Crippen molar-refractivity contribution in [3.8, 4) is 0 Å². The summed E-state index contributed by atoms with van der Waals surface area (Å²) in [5, 5.41) is 0. The van der Waals surface area contributed by atoms with Crippen LogP contribution in [0.25, 0.3) is 0 Å². The first-order valence-corrected chi connectivity index (χ1v) is 9.71. The second-order valence-electron chi connectivity index (χ2n) is 5.77. The van der Waals surface area contributed by atoms with Crippen molar-refractivity contribution in [3.63, 3.8) is 0 Å². The van der Waals surface area contributed by atoms with Crippen LogP contribution in [-0.4, -0.2) is 37.4 Å². The van der Waals surface area contributed by atoms with Crippen LogP contribution in [0.1, 0.15) is 49.4 Å². The van der Waals surface area contributed by atoms with Gasteiger partial charge in [-0.15, -0.1) is 0 Å². The highest BCUT2D eigenvalue weighted by Crippen LogP contribution is 2.26. The van der Waals surface area contributed by atoms with Crippen LogP contribution in [0.4, 0.5) is 0 Å². The lowest BCUT2D eigenvalue weighted by atomic mass is 10.1. The Labute approximate surface area is 136 Å². The molecule has 0 spiro atoms. The number of hydrogen-bond acceptors (Lipinski definition) is 6. The van der Waals surface area contributed by atoms with E-state index >= 15 is 0 Å². The molecule has 0 aromatic carbocycles. The molecule has 0 fully saturated rings. The molecule has 23 heavy (non-hydrogen) atoms. The van der Waals surface area contributed by atoms with Gasteiger partial charge >= 0.3 is 0 Å². The lowest BCUT2D eigenvalue weighted by Gasteiger charge is -2.27. The van der Waals surface area contributed by atoms with E-state index in [0.29, 0.717) is 30.2 Å². The summed E-state index contributed by atoms with van der Waals surface area (Å²) in [7, 11) is -3.51. The fourth-order valence-electron chi connectivity index (χ4n) is 2.75. The van der Waals surface area contributed by atoms with E-state index < -0.39 is 10.1 Å². The fraction of sp³-hybridized carbons (Fsp3) is 0.733. The van der Waals surface area contributed by atoms with Crippen LogP contribution in [0.2, 0.25) is 0 Å². The van der Waals surface area contributed by atoms with E-state index in [2.05, 4.69) is 4.98 Å². The van der Waals surface area contributed by atoms with Crippen molar-refractivity contribution in [1.29, 1.82) is 0 Å². The van der Waals surface area contributed by atoms with Crippen LogP contribution in [0.3, 0.4) is 0 Å². The number of fused-ring (bicyclic) bond motifs is 1. The van der Waals surface area contributed by atoms with Crippen LogP contribution in [0, 0.1) is 6.92 Å². The molecule has 0 saturated carbocycles. The Balaban J connectivity index is 2.25. The molecule has 0 amide bonds. The second kappa shape index (κ2) is 7.55. The predicted molar refractivity (Wildman–Crippen MR) is 86.0 cm³/mol. The van der Waals surface area contributed by atoms with E-state index in [1.165, 1.54) is 0 Å². The zero-order valence-corrected chi connectivity index (χ0v) is 14.7. The van der Waals surface area contributed by atoms with Crippen molar-refractivity contribution in [3.05, 3.63) is 27.4 Å². The summed E-state index contributed by atoms with van der Waals surface area (Å²) in [5.41, 5.74) is 1.01. The van der Waals surface area contributed by atoms with Crippen LogP contribution < -0.4 is 5.56 Å². The van der Waals surface area contributed by atoms with Crippen LogP contribution in [0.5, 0.6) is 0 Å². The van der Waals surface area contributed by atoms with Gasteiger partial charge in [0.15, 0.2) is 0 Å². The Kier molecular flexibility index (Phi) is 5.94. The Morgan fingerprint density at radius 3 is 2.74 bits per heavy atom. The SMILES string of the molecule is CCCOC1CCCn2c1nc(C)c(CCOS(C)(=O)=O)c2=O. The molecule has 8 heteroatoms. The van der Waals surface area contributed by atoms with E-state index in [9.17, 15) is 13.2 Å². The molecule has 1 unspecified atom stereocenters. The molecule has 0 aliphatic carbocycles. The van der Waals surface area contributed by atoms with E-state index in [-0.39, 0.29) is 24.7 Å². The summed E-state index contributed by atoms with van der Waals surface area (Å²) >= 11 is 0. The molecule has 1 aliphatic rings. The molecule has 1 aromatic rings. The molecule has 1 aliphatic heterocycles. The van der Waals surface area contributed by atoms with Crippen molar-refractivity contribution in [2.45, 2.75) is 52.2 Å². The number of rotatable bonds is 7. The first kappa shape index (κ1) is 18.1. The summed E-state index contributed by atoms with van der Waals surface area (Å²) in [6, 6.07) is 0. The van der Waals surface area contributed by atoms with Gasteiger partial charge in [0.2, 0.25) is 0 Å². The van der Waals surface area contributed by atoms with Crippen molar-refractivity contribution in [2.24, 2.45) is 0 Å². The third-order valence-corrected chi connectivity index (χ3v) is 4.40. The molecule has 130 valence electrons. The highest BCUT2D eigenvalue weighted by Gasteiger charge is 2.25. The van der Waals surface area contributed by atoms with E-state index in [4.69, 9.17) is 8.92 Å². The Morgan fingerprint density at radius 2 is 2.09 bits per heavy atom. The monoisotopic (exact) mass is 344 g/mol. The highest BCUT2D eigenvalue weighted by molar-refractivity contribution is 7.85. The van der Waals surface area contributed by atoms with Crippen molar-refractivity contribution >= 4 is 10.1 Å². The molecule has 7 nitrogen and oxygen atoms in total. The van der Waals surface area contributed by atoms with E-state index in [1.807, 2.05) is 6.92 Å². The molecule has 0 radical (unpaired) electrons. The average Bonchev–Trinajstić information content (AvgIpc) is 2.47. The molecule has 1 atom stereocenters. The zero-order valence-electron chi connectivity index (χ0n) is 13.9. The van der Waals surface area contributed by atoms with Crippen LogP contribution >= 0.6 is 0 Å². The summed E-state index contributed by atoms with van der Waals surface area (Å²) in [5.74, 6) is 0.681. The maximum atomic E-state index is 12.7. The maximum Gasteiger partial charge on any atom is 0.264 e. The number of aromatic nitrogens is 2. The Bertz CT molecular complexity index is 711. The van der Waals surface area contributed by atoms with Crippen molar-refractivity contribution < 1.29 is 17.3 Å². The van der Waals surface area contributed by atoms with Gasteiger partial charge in [-0.3, -0.25) is 13.5 Å². The lowest BCUT2D eigenvalue weighted by molar-refractivity contribution is 0.0265. The minimum atomic E-state index is -3.51. The third-order valence-electron chi connectivity index (χ3n) is 3.81. The third kappa shape index (κ3) is 4.62. The number of hydrogen-bond donors (Lipinski definition) is 0. The summed E-state index contributed by atoms with van der Waals surface area (Å²) in [4.78, 5) is 17.2. The molecule has 1 aromatic heterocycles. The van der Waals surface area contributed by atoms with E-state index in [0.717, 1.165) is 25.5 Å². The van der Waals surface area contributed by atoms with Gasteiger partial charge in [0, 0.05) is 30.8 Å². The molecular formula is C15H24N2O5S. The van der Waals surface area contributed by atoms with Gasteiger partial charge in [-0.25, -0.2) is 4.98 Å². The van der Waals surface area contributed by atoms with Gasteiger partial charge in [0.25, 0.3) is 15.7 Å². The quantitative estimate of drug-likeness (QED) is 0.694. The summed E-state index contributed by atoms with van der Waals surface area (Å²) in [6.07, 6.45) is 3.73. The van der Waals surface area contributed by atoms with Gasteiger partial charge < -0.3 is 4.74 Å². The molecule has 0 saturated heterocycles. The molecule has 2 rings (SSSR count). The molecule has 0 bridgehead atoms. The van der Waals surface area contributed by atoms with Gasteiger partial charge in [0.1, 0.15) is 11.9 Å². The molecular weight excluding hydrogens is 320 g/mol. The average molecular weight is 344 g/mol. The summed E-state index contributed by atoms with van der Waals surface area (Å²) < 4.78 is 34.3. The van der Waals surface area contributed by atoms with Crippen molar-refractivity contribution in [2.75, 3.05) is 19.5 Å². The Hall–Kier alpha value is -1.25. The zero-order chi connectivity index (χ0) is 17.0. The van der Waals surface area contributed by atoms with Crippen molar-refractivity contribution in [1.82, 2.24) is 9.55 Å². The second-order valence-corrected chi connectivity index (χ2v) is 7.41. The largest absolute Gasteiger partial charge is 0.370 e. The van der Waals surface area contributed by atoms with E-state index in [1.54, 1.807) is 11.5 Å². The number of ether oxygens (including phenoxy) is 1. The van der Waals surface area contributed by atoms with Gasteiger partial charge in [-0.1, -0.05) is 6.92 Å². The Morgan fingerprint density at radius 1 is 1.35 bits per heavy atom. The van der Waals surface area contributed by atoms with Gasteiger partial charge in [-0.05, 0) is 26.2 Å².